The van der Waals surface area contributed by atoms with Crippen molar-refractivity contribution in [3.8, 4) is 11.5 Å². The fourth-order valence-corrected chi connectivity index (χ4v) is 4.65. The van der Waals surface area contributed by atoms with E-state index in [2.05, 4.69) is 17.9 Å². The Labute approximate surface area is 204 Å². The molecule has 0 saturated carbocycles. The summed E-state index contributed by atoms with van der Waals surface area (Å²) in [5.41, 5.74) is 1.00. The van der Waals surface area contributed by atoms with Crippen LogP contribution in [0.2, 0.25) is 0 Å². The second-order valence-electron chi connectivity index (χ2n) is 11.1. The number of ether oxygens (including phenoxy) is 2. The lowest BCUT2D eigenvalue weighted by Gasteiger charge is -2.45. The van der Waals surface area contributed by atoms with Crippen molar-refractivity contribution in [2.75, 3.05) is 13.1 Å². The van der Waals surface area contributed by atoms with Gasteiger partial charge < -0.3 is 9.47 Å². The molecule has 1 saturated heterocycles. The van der Waals surface area contributed by atoms with Gasteiger partial charge >= 0.3 is 11.9 Å². The van der Waals surface area contributed by atoms with Crippen LogP contribution >= 0.6 is 17.0 Å². The van der Waals surface area contributed by atoms with Gasteiger partial charge in [0.15, 0.2) is 11.5 Å². The normalized spacial score (nSPS) is 21.1. The molecule has 1 aliphatic carbocycles. The molecule has 0 amide bonds. The molecule has 32 heavy (non-hydrogen) atoms. The number of piperidine rings is 1. The van der Waals surface area contributed by atoms with Gasteiger partial charge in [0.2, 0.25) is 0 Å². The van der Waals surface area contributed by atoms with Gasteiger partial charge in [0, 0.05) is 11.6 Å². The lowest BCUT2D eigenvalue weighted by Crippen LogP contribution is -2.46. The smallest absolute Gasteiger partial charge is 0.316 e. The van der Waals surface area contributed by atoms with E-state index >= 15 is 0 Å². The number of carbonyl (C=O) groups is 2. The van der Waals surface area contributed by atoms with Gasteiger partial charge in [0.25, 0.3) is 0 Å². The van der Waals surface area contributed by atoms with Crippen LogP contribution in [0.3, 0.4) is 0 Å². The predicted molar refractivity (Wildman–Crippen MR) is 133 cm³/mol. The molecular formula is C26H40BrNO4. The molecule has 0 radical (unpaired) electrons. The lowest BCUT2D eigenvalue weighted by molar-refractivity contribution is -0.145. The first-order chi connectivity index (χ1) is 14.4. The summed E-state index contributed by atoms with van der Waals surface area (Å²) in [6.07, 6.45) is 5.34. The molecule has 6 heteroatoms. The predicted octanol–water partition coefficient (Wildman–Crippen LogP) is 6.07. The minimum absolute atomic E-state index is 0. The molecule has 0 aromatic heterocycles. The van der Waals surface area contributed by atoms with Crippen molar-refractivity contribution in [3.63, 3.8) is 0 Å². The van der Waals surface area contributed by atoms with E-state index in [1.54, 1.807) is 0 Å². The Morgan fingerprint density at radius 3 is 2.22 bits per heavy atom. The number of likely N-dealkylation sites (tertiary alicyclic amines) is 1. The summed E-state index contributed by atoms with van der Waals surface area (Å²) in [4.78, 5) is 28.0. The van der Waals surface area contributed by atoms with Gasteiger partial charge in [-0.3, -0.25) is 14.5 Å². The Bertz CT molecular complexity index is 835. The molecule has 0 N–H and O–H groups in total. The van der Waals surface area contributed by atoms with Crippen LogP contribution in [-0.2, 0) is 16.0 Å². The molecule has 1 heterocycles. The van der Waals surface area contributed by atoms with Crippen molar-refractivity contribution in [2.24, 2.45) is 10.8 Å². The quantitative estimate of drug-likeness (QED) is 0.364. The highest BCUT2D eigenvalue weighted by Gasteiger charge is 2.39. The molecular weight excluding hydrogens is 470 g/mol. The van der Waals surface area contributed by atoms with Crippen molar-refractivity contribution >= 4 is 28.9 Å². The molecule has 0 bridgehead atoms. The van der Waals surface area contributed by atoms with Gasteiger partial charge in [-0.15, -0.1) is 17.0 Å². The van der Waals surface area contributed by atoms with Crippen LogP contribution in [0.25, 0.3) is 0 Å². The number of nitrogens with zero attached hydrogens (tertiary/aromatic N) is 1. The Kier molecular flexibility index (Phi) is 8.60. The van der Waals surface area contributed by atoms with Crippen molar-refractivity contribution in [1.82, 2.24) is 4.90 Å². The number of hydrogen-bond acceptors (Lipinski definition) is 5. The minimum Gasteiger partial charge on any atom is -0.422 e. The lowest BCUT2D eigenvalue weighted by atomic mass is 9.74. The summed E-state index contributed by atoms with van der Waals surface area (Å²) in [6.45, 7) is 15.5. The van der Waals surface area contributed by atoms with Gasteiger partial charge in [-0.25, -0.2) is 0 Å². The topological polar surface area (TPSA) is 55.8 Å². The van der Waals surface area contributed by atoms with Crippen LogP contribution in [-0.4, -0.2) is 36.0 Å². The van der Waals surface area contributed by atoms with Crippen LogP contribution in [0.1, 0.15) is 91.2 Å². The summed E-state index contributed by atoms with van der Waals surface area (Å²) in [5, 5.41) is 0. The maximum Gasteiger partial charge on any atom is 0.316 e. The third kappa shape index (κ3) is 5.74. The largest absolute Gasteiger partial charge is 0.422 e. The molecule has 5 nitrogen and oxygen atoms in total. The van der Waals surface area contributed by atoms with Crippen LogP contribution in [0.4, 0.5) is 0 Å². The van der Waals surface area contributed by atoms with E-state index in [4.69, 9.17) is 9.47 Å². The highest BCUT2D eigenvalue weighted by molar-refractivity contribution is 8.93. The maximum absolute atomic E-state index is 12.8. The zero-order chi connectivity index (χ0) is 23.0. The number of carbonyl (C=O) groups excluding carboxylic acids is 2. The zero-order valence-electron chi connectivity index (χ0n) is 20.7. The summed E-state index contributed by atoms with van der Waals surface area (Å²) in [6, 6.07) is 4.46. The Morgan fingerprint density at radius 2 is 1.62 bits per heavy atom. The van der Waals surface area contributed by atoms with Crippen LogP contribution in [0.15, 0.2) is 12.1 Å². The van der Waals surface area contributed by atoms with E-state index in [1.165, 1.54) is 12.0 Å². The van der Waals surface area contributed by atoms with Gasteiger partial charge in [-0.05, 0) is 104 Å². The summed E-state index contributed by atoms with van der Waals surface area (Å²) in [5.74, 6) is 0.592. The monoisotopic (exact) mass is 509 g/mol. The van der Waals surface area contributed by atoms with E-state index in [0.717, 1.165) is 44.3 Å². The number of rotatable bonds is 4. The van der Waals surface area contributed by atoms with Gasteiger partial charge in [-0.2, -0.15) is 0 Å². The van der Waals surface area contributed by atoms with E-state index in [-0.39, 0.29) is 28.9 Å². The van der Waals surface area contributed by atoms with Gasteiger partial charge in [0.1, 0.15) is 0 Å². The van der Waals surface area contributed by atoms with Gasteiger partial charge in [-0.1, -0.05) is 13.0 Å². The molecule has 1 aliphatic heterocycles. The number of benzene rings is 1. The first kappa shape index (κ1) is 26.8. The average Bonchev–Trinajstić information content (AvgIpc) is 2.68. The van der Waals surface area contributed by atoms with Crippen molar-refractivity contribution in [1.29, 1.82) is 0 Å². The molecule has 1 fully saturated rings. The van der Waals surface area contributed by atoms with E-state index in [0.29, 0.717) is 23.5 Å². The number of halogens is 1. The highest BCUT2D eigenvalue weighted by Crippen LogP contribution is 2.47. The second kappa shape index (κ2) is 10.3. The second-order valence-corrected chi connectivity index (χ2v) is 11.1. The van der Waals surface area contributed by atoms with Crippen molar-refractivity contribution in [3.05, 3.63) is 23.3 Å². The molecule has 180 valence electrons. The molecule has 2 atom stereocenters. The average molecular weight is 511 g/mol. The van der Waals surface area contributed by atoms with E-state index in [9.17, 15) is 9.59 Å². The molecule has 1 aromatic rings. The third-order valence-corrected chi connectivity index (χ3v) is 6.38. The third-order valence-electron chi connectivity index (χ3n) is 6.38. The highest BCUT2D eigenvalue weighted by atomic mass is 79.9. The van der Waals surface area contributed by atoms with Gasteiger partial charge in [0.05, 0.1) is 10.8 Å². The molecule has 0 spiro atoms. The fraction of sp³-hybridized carbons (Fsp3) is 0.692. The van der Waals surface area contributed by atoms with Crippen LogP contribution in [0, 0.1) is 10.8 Å². The first-order valence-corrected chi connectivity index (χ1v) is 11.8. The Morgan fingerprint density at radius 1 is 1.00 bits per heavy atom. The number of hydrogen-bond donors (Lipinski definition) is 0. The molecule has 1 aromatic carbocycles. The van der Waals surface area contributed by atoms with E-state index in [1.807, 2.05) is 47.6 Å². The SMILES string of the molecule is Br.CCCN1CCC[C@H]2c3ccc(OC(=O)C(C)(C)C)c(OC(=O)C(C)(C)C)c3CC[C@@H]21. The van der Waals surface area contributed by atoms with Crippen LogP contribution < -0.4 is 9.47 Å². The van der Waals surface area contributed by atoms with Crippen molar-refractivity contribution in [2.45, 2.75) is 92.5 Å². The fourth-order valence-electron chi connectivity index (χ4n) is 4.65. The summed E-state index contributed by atoms with van der Waals surface area (Å²) in [7, 11) is 0. The zero-order valence-corrected chi connectivity index (χ0v) is 22.5. The Balaban J connectivity index is 0.00000363. The van der Waals surface area contributed by atoms with Crippen LogP contribution in [0.5, 0.6) is 11.5 Å². The van der Waals surface area contributed by atoms with E-state index < -0.39 is 10.8 Å². The number of esters is 2. The Hall–Kier alpha value is -1.40. The molecule has 3 rings (SSSR count). The first-order valence-electron chi connectivity index (χ1n) is 11.8. The number of fused-ring (bicyclic) bond motifs is 3. The summed E-state index contributed by atoms with van der Waals surface area (Å²) >= 11 is 0. The summed E-state index contributed by atoms with van der Waals surface area (Å²) < 4.78 is 11.7. The molecule has 2 aliphatic rings. The molecule has 0 unspecified atom stereocenters. The maximum atomic E-state index is 12.8. The van der Waals surface area contributed by atoms with Crippen molar-refractivity contribution < 1.29 is 19.1 Å². The standard InChI is InChI=1S/C26H39NO4.BrH/c1-8-15-27-16-9-10-18-17-12-14-21(30-23(28)25(2,3)4)22(19(17)11-13-20(18)27)31-24(29)26(5,6)7;/h12,14,18,20H,8-11,13,15-16H2,1-7H3;1H/t18-,20-;/m0./s1. The minimum atomic E-state index is -0.645.